The summed E-state index contributed by atoms with van der Waals surface area (Å²) in [6.07, 6.45) is -3.82. The van der Waals surface area contributed by atoms with E-state index in [1.165, 1.54) is 0 Å². The predicted octanol–water partition coefficient (Wildman–Crippen LogP) is 2.09. The molecule has 108 valence electrons. The van der Waals surface area contributed by atoms with Crippen LogP contribution in [0.2, 0.25) is 0 Å². The van der Waals surface area contributed by atoms with Gasteiger partial charge < -0.3 is 4.74 Å². The monoisotopic (exact) mass is 283 g/mol. The summed E-state index contributed by atoms with van der Waals surface area (Å²) >= 11 is 0. The predicted molar refractivity (Wildman–Crippen MR) is 56.4 cm³/mol. The molecule has 0 aliphatic rings. The molecule has 9 heteroatoms. The highest BCUT2D eigenvalue weighted by atomic mass is 19.3. The third-order valence-corrected chi connectivity index (χ3v) is 2.38. The van der Waals surface area contributed by atoms with Crippen LogP contribution < -0.4 is 0 Å². The first kappa shape index (κ1) is 15.4. The van der Waals surface area contributed by atoms with Gasteiger partial charge in [-0.15, -0.1) is 5.10 Å². The molecule has 0 spiro atoms. The van der Waals surface area contributed by atoms with Gasteiger partial charge in [0.2, 0.25) is 0 Å². The lowest BCUT2D eigenvalue weighted by molar-refractivity contribution is -0.140. The van der Waals surface area contributed by atoms with Crippen molar-refractivity contribution < 1.29 is 27.1 Å². The summed E-state index contributed by atoms with van der Waals surface area (Å²) in [5, 5.41) is 6.74. The minimum absolute atomic E-state index is 0.0344. The third kappa shape index (κ3) is 3.21. The van der Waals surface area contributed by atoms with Crippen molar-refractivity contribution in [2.75, 3.05) is 7.11 Å². The van der Waals surface area contributed by atoms with Crippen LogP contribution >= 0.6 is 0 Å². The number of carbonyl (C=O) groups is 1. The van der Waals surface area contributed by atoms with Crippen LogP contribution in [0.15, 0.2) is 0 Å². The Balaban J connectivity index is 3.16. The van der Waals surface area contributed by atoms with E-state index in [2.05, 4.69) is 15.0 Å². The topological polar surface area (TPSA) is 57.0 Å². The first-order chi connectivity index (χ1) is 8.70. The Labute approximate surface area is 106 Å². The Morgan fingerprint density at radius 1 is 1.42 bits per heavy atom. The lowest BCUT2D eigenvalue weighted by Gasteiger charge is -2.17. The van der Waals surface area contributed by atoms with Gasteiger partial charge in [0.15, 0.2) is 5.69 Å². The van der Waals surface area contributed by atoms with Crippen molar-refractivity contribution in [1.29, 1.82) is 0 Å². The van der Waals surface area contributed by atoms with E-state index in [-0.39, 0.29) is 11.4 Å². The summed E-state index contributed by atoms with van der Waals surface area (Å²) in [5.41, 5.74) is -0.213. The van der Waals surface area contributed by atoms with E-state index in [0.29, 0.717) is 4.68 Å². The molecule has 1 aromatic heterocycles. The Hall–Kier alpha value is -1.67. The fourth-order valence-electron chi connectivity index (χ4n) is 1.52. The summed E-state index contributed by atoms with van der Waals surface area (Å²) in [7, 11) is 1.10. The Kier molecular flexibility index (Phi) is 4.48. The van der Waals surface area contributed by atoms with Gasteiger partial charge in [0.1, 0.15) is 6.54 Å². The molecule has 0 unspecified atom stereocenters. The van der Waals surface area contributed by atoms with Gasteiger partial charge in [0.05, 0.1) is 12.8 Å². The lowest BCUT2D eigenvalue weighted by Crippen LogP contribution is -2.33. The molecule has 0 aliphatic heterocycles. The van der Waals surface area contributed by atoms with Crippen LogP contribution in [-0.2, 0) is 11.3 Å². The number of aromatic nitrogens is 3. The molecule has 0 bridgehead atoms. The summed E-state index contributed by atoms with van der Waals surface area (Å²) in [6.45, 7) is 1.85. The number of methoxy groups -OCH3 is 1. The largest absolute Gasteiger partial charge is 0.464 e. The Morgan fingerprint density at radius 2 is 2.00 bits per heavy atom. The molecule has 0 atom stereocenters. The second-order valence-corrected chi connectivity index (χ2v) is 4.19. The van der Waals surface area contributed by atoms with Crippen molar-refractivity contribution >= 4 is 5.97 Å². The van der Waals surface area contributed by atoms with Gasteiger partial charge in [0, 0.05) is 0 Å². The van der Waals surface area contributed by atoms with Crippen molar-refractivity contribution in [3.05, 3.63) is 11.4 Å². The van der Waals surface area contributed by atoms with Gasteiger partial charge in [-0.1, -0.05) is 19.1 Å². The molecule has 0 radical (unpaired) electrons. The van der Waals surface area contributed by atoms with Crippen LogP contribution in [0.3, 0.4) is 0 Å². The molecule has 0 saturated heterocycles. The molecule has 0 aliphatic carbocycles. The van der Waals surface area contributed by atoms with E-state index in [4.69, 9.17) is 0 Å². The van der Waals surface area contributed by atoms with Crippen LogP contribution in [0.5, 0.6) is 0 Å². The second kappa shape index (κ2) is 5.54. The molecule has 0 fully saturated rings. The minimum Gasteiger partial charge on any atom is -0.464 e. The fourth-order valence-corrected chi connectivity index (χ4v) is 1.52. The van der Waals surface area contributed by atoms with E-state index >= 15 is 0 Å². The number of carbonyl (C=O) groups excluding carboxylic acids is 1. The zero-order valence-corrected chi connectivity index (χ0v) is 10.5. The van der Waals surface area contributed by atoms with Crippen molar-refractivity contribution in [3.63, 3.8) is 0 Å². The van der Waals surface area contributed by atoms with Crippen molar-refractivity contribution in [3.8, 4) is 0 Å². The number of ether oxygens (including phenoxy) is 1. The fraction of sp³-hybridized carbons (Fsp3) is 0.700. The second-order valence-electron chi connectivity index (χ2n) is 4.19. The van der Waals surface area contributed by atoms with Crippen LogP contribution in [0.1, 0.15) is 35.9 Å². The van der Waals surface area contributed by atoms with Gasteiger partial charge >= 0.3 is 18.3 Å². The molecule has 19 heavy (non-hydrogen) atoms. The summed E-state index contributed by atoms with van der Waals surface area (Å²) in [5.74, 6) is -5.50. The first-order valence-corrected chi connectivity index (χ1v) is 5.38. The van der Waals surface area contributed by atoms with E-state index < -0.39 is 30.8 Å². The van der Waals surface area contributed by atoms with Crippen LogP contribution in [0.25, 0.3) is 0 Å². The highest BCUT2D eigenvalue weighted by Crippen LogP contribution is 2.27. The van der Waals surface area contributed by atoms with E-state index in [9.17, 15) is 22.4 Å². The molecule has 0 N–H and O–H groups in total. The van der Waals surface area contributed by atoms with Crippen molar-refractivity contribution in [2.45, 2.75) is 38.7 Å². The zero-order chi connectivity index (χ0) is 14.8. The average molecular weight is 283 g/mol. The molecule has 0 amide bonds. The summed E-state index contributed by atoms with van der Waals surface area (Å²) in [4.78, 5) is 11.4. The molecule has 0 saturated carbocycles. The molecule has 5 nitrogen and oxygen atoms in total. The highest BCUT2D eigenvalue weighted by Gasteiger charge is 2.42. The SMILES string of the molecule is COC(=O)c1nnn(CC(F)(F)C(F)F)c1C(C)C. The zero-order valence-electron chi connectivity index (χ0n) is 10.5. The quantitative estimate of drug-likeness (QED) is 0.613. The normalized spacial score (nSPS) is 12.3. The van der Waals surface area contributed by atoms with Gasteiger partial charge in [-0.3, -0.25) is 0 Å². The van der Waals surface area contributed by atoms with Gasteiger partial charge in [-0.2, -0.15) is 8.78 Å². The maximum absolute atomic E-state index is 13.0. The number of rotatable bonds is 5. The number of esters is 1. The molecular formula is C10H13F4N3O2. The molecule has 1 rings (SSSR count). The number of hydrogen-bond acceptors (Lipinski definition) is 4. The molecule has 1 heterocycles. The molecule has 0 aromatic carbocycles. The number of alkyl halides is 4. The lowest BCUT2D eigenvalue weighted by atomic mass is 10.1. The molecular weight excluding hydrogens is 270 g/mol. The van der Waals surface area contributed by atoms with Gasteiger partial charge in [-0.25, -0.2) is 18.3 Å². The van der Waals surface area contributed by atoms with Crippen LogP contribution in [-0.4, -0.2) is 40.4 Å². The molecule has 1 aromatic rings. The van der Waals surface area contributed by atoms with Gasteiger partial charge in [-0.05, 0) is 5.92 Å². The maximum Gasteiger partial charge on any atom is 0.360 e. The minimum atomic E-state index is -4.25. The van der Waals surface area contributed by atoms with Crippen LogP contribution in [0, 0.1) is 0 Å². The summed E-state index contributed by atoms with van der Waals surface area (Å²) < 4.78 is 55.4. The first-order valence-electron chi connectivity index (χ1n) is 5.38. The average Bonchev–Trinajstić information content (AvgIpc) is 2.70. The van der Waals surface area contributed by atoms with Gasteiger partial charge in [0.25, 0.3) is 0 Å². The number of nitrogens with zero attached hydrogens (tertiary/aromatic N) is 3. The van der Waals surface area contributed by atoms with E-state index in [1.54, 1.807) is 13.8 Å². The number of hydrogen-bond donors (Lipinski definition) is 0. The van der Waals surface area contributed by atoms with E-state index in [0.717, 1.165) is 7.11 Å². The Morgan fingerprint density at radius 3 is 2.42 bits per heavy atom. The standard InChI is InChI=1S/C10H13F4N3O2/c1-5(2)7-6(8(18)19-3)15-16-17(7)4-10(13,14)9(11)12/h5,9H,4H2,1-3H3. The number of halogens is 4. The maximum atomic E-state index is 13.0. The Bertz CT molecular complexity index is 460. The van der Waals surface area contributed by atoms with E-state index in [1.807, 2.05) is 0 Å². The third-order valence-electron chi connectivity index (χ3n) is 2.38. The summed E-state index contributed by atoms with van der Waals surface area (Å²) in [6, 6.07) is 0. The van der Waals surface area contributed by atoms with Crippen molar-refractivity contribution in [1.82, 2.24) is 15.0 Å². The highest BCUT2D eigenvalue weighted by molar-refractivity contribution is 5.88. The van der Waals surface area contributed by atoms with Crippen LogP contribution in [0.4, 0.5) is 17.6 Å². The smallest absolute Gasteiger partial charge is 0.360 e. The van der Waals surface area contributed by atoms with Crippen molar-refractivity contribution in [2.24, 2.45) is 0 Å².